The lowest BCUT2D eigenvalue weighted by Crippen LogP contribution is -2.11. The summed E-state index contributed by atoms with van der Waals surface area (Å²) in [5.41, 5.74) is -6.98. The standard InChI is InChI=1S/C32H20N4O20.C4H8O/c1-49-29(37)13-5-14(30(38)50-2)22-9-21(13)53-25-11-26(18(34(43)44)7-17(25)33(41)42)55-23-10-24(16(32(40)52-4)6-15(23)31(39)51-3)56-28-12-27(54-22)19(35(45)46)8-20(28)36(47)48;1-2-4-5-3-1/h5-12H,1-4H3;1-4H2. The van der Waals surface area contributed by atoms with E-state index < -0.39 is 135 Å². The molecule has 8 bridgehead atoms. The number of hydrogen-bond acceptors (Lipinski definition) is 21. The topological polar surface area (TPSA) is 324 Å². The molecule has 0 unspecified atom stereocenters. The normalized spacial score (nSPS) is 12.3. The Morgan fingerprint density at radius 2 is 0.639 bits per heavy atom. The SMILES string of the molecule is C1CCOC1.COC(=O)c1cc(C(=O)OC)c2cc1Oc1cc(c([N+](=O)[O-])cc1[N+](=O)[O-])Oc1cc(c(C(=O)OC)cc1C(=O)OC)Oc1cc(c([N+](=O)[O-])cc1[N+](=O)[O-])O2. The van der Waals surface area contributed by atoms with Gasteiger partial charge in [0.05, 0.1) is 48.1 Å². The molecule has 25 nitrogen and oxygen atoms in total. The molecule has 1 saturated heterocycles. The second kappa shape index (κ2) is 18.4. The summed E-state index contributed by atoms with van der Waals surface area (Å²) in [4.78, 5) is 96.3. The fraction of sp³-hybridized carbons (Fsp3) is 0.222. The second-order valence-corrected chi connectivity index (χ2v) is 12.0. The largest absolute Gasteiger partial charge is 0.465 e. The smallest absolute Gasteiger partial charge is 0.341 e. The lowest BCUT2D eigenvalue weighted by molar-refractivity contribution is -0.395. The molecule has 2 aliphatic heterocycles. The maximum Gasteiger partial charge on any atom is 0.341 e. The van der Waals surface area contributed by atoms with Crippen molar-refractivity contribution in [1.82, 2.24) is 0 Å². The lowest BCUT2D eigenvalue weighted by Gasteiger charge is -2.18. The van der Waals surface area contributed by atoms with E-state index in [1.54, 1.807) is 0 Å². The number of nitrogens with zero attached hydrogens (tertiary/aromatic N) is 4. The van der Waals surface area contributed by atoms with Crippen LogP contribution in [-0.2, 0) is 23.7 Å². The highest BCUT2D eigenvalue weighted by Crippen LogP contribution is 2.49. The van der Waals surface area contributed by atoms with E-state index in [1.165, 1.54) is 12.8 Å². The molecule has 4 aromatic rings. The highest BCUT2D eigenvalue weighted by atomic mass is 16.6. The fourth-order valence-corrected chi connectivity index (χ4v) is 5.50. The molecule has 4 aromatic carbocycles. The monoisotopic (exact) mass is 852 g/mol. The van der Waals surface area contributed by atoms with Crippen LogP contribution in [-0.4, -0.2) is 85.2 Å². The van der Waals surface area contributed by atoms with Crippen molar-refractivity contribution in [2.24, 2.45) is 0 Å². The van der Waals surface area contributed by atoms with Gasteiger partial charge in [0.15, 0.2) is 0 Å². The minimum Gasteiger partial charge on any atom is -0.465 e. The van der Waals surface area contributed by atoms with Crippen molar-refractivity contribution in [3.8, 4) is 46.0 Å². The van der Waals surface area contributed by atoms with Crippen LogP contribution in [0, 0.1) is 40.5 Å². The Labute approximate surface area is 339 Å². The number of nitro benzene ring substituents is 4. The summed E-state index contributed by atoms with van der Waals surface area (Å²) in [7, 11) is 3.64. The van der Waals surface area contributed by atoms with Crippen LogP contribution in [0.3, 0.4) is 0 Å². The first-order chi connectivity index (χ1) is 29.0. The van der Waals surface area contributed by atoms with Gasteiger partial charge in [0.2, 0.25) is 23.0 Å². The van der Waals surface area contributed by atoms with Crippen molar-refractivity contribution in [3.05, 3.63) is 111 Å². The number of benzene rings is 4. The van der Waals surface area contributed by atoms with E-state index in [0.29, 0.717) is 24.3 Å². The van der Waals surface area contributed by atoms with Gasteiger partial charge in [-0.05, 0) is 25.0 Å². The summed E-state index contributed by atoms with van der Waals surface area (Å²) < 4.78 is 46.9. The van der Waals surface area contributed by atoms with Crippen LogP contribution in [0.2, 0.25) is 0 Å². The Balaban J connectivity index is 0.00000131. The molecule has 61 heavy (non-hydrogen) atoms. The molecule has 0 radical (unpaired) electrons. The molecular formula is C36H28N4O21. The number of fused-ring (bicyclic) bond motifs is 8. The van der Waals surface area contributed by atoms with Gasteiger partial charge in [0.1, 0.15) is 57.4 Å². The number of methoxy groups -OCH3 is 4. The van der Waals surface area contributed by atoms with Gasteiger partial charge in [-0.3, -0.25) is 40.5 Å². The van der Waals surface area contributed by atoms with Crippen LogP contribution in [0.1, 0.15) is 54.3 Å². The molecule has 6 rings (SSSR count). The van der Waals surface area contributed by atoms with Crippen molar-refractivity contribution in [2.75, 3.05) is 41.7 Å². The summed E-state index contributed by atoms with van der Waals surface area (Å²) in [6.07, 6.45) is 2.56. The molecule has 0 amide bonds. The molecule has 2 heterocycles. The zero-order valence-corrected chi connectivity index (χ0v) is 31.8. The molecule has 318 valence electrons. The van der Waals surface area contributed by atoms with Gasteiger partial charge >= 0.3 is 46.6 Å². The van der Waals surface area contributed by atoms with Crippen LogP contribution in [0.5, 0.6) is 46.0 Å². The molecule has 0 spiro atoms. The van der Waals surface area contributed by atoms with Crippen LogP contribution in [0.25, 0.3) is 0 Å². The summed E-state index contributed by atoms with van der Waals surface area (Å²) >= 11 is 0. The van der Waals surface area contributed by atoms with Gasteiger partial charge in [-0.2, -0.15) is 0 Å². The minimum absolute atomic E-state index is 0.390. The summed E-state index contributed by atoms with van der Waals surface area (Å²) in [6.45, 7) is 2.00. The summed E-state index contributed by atoms with van der Waals surface area (Å²) in [5, 5.41) is 48.9. The first kappa shape index (κ1) is 43.6. The van der Waals surface area contributed by atoms with Crippen molar-refractivity contribution >= 4 is 46.6 Å². The molecule has 0 N–H and O–H groups in total. The quantitative estimate of drug-likeness (QED) is 0.0674. The molecule has 0 aliphatic carbocycles. The zero-order chi connectivity index (χ0) is 44.7. The van der Waals surface area contributed by atoms with E-state index in [-0.39, 0.29) is 0 Å². The van der Waals surface area contributed by atoms with Crippen LogP contribution in [0.15, 0.2) is 48.5 Å². The molecule has 0 saturated carbocycles. The number of ether oxygens (including phenoxy) is 9. The van der Waals surface area contributed by atoms with E-state index in [2.05, 4.69) is 0 Å². The molecule has 1 fully saturated rings. The number of carbonyl (C=O) groups excluding carboxylic acids is 4. The summed E-state index contributed by atoms with van der Waals surface area (Å²) in [5.74, 6) is -11.3. The number of rotatable bonds is 8. The Morgan fingerprint density at radius 1 is 0.410 bits per heavy atom. The Morgan fingerprint density at radius 3 is 0.820 bits per heavy atom. The Hall–Kier alpha value is -8.48. The molecule has 0 aromatic heterocycles. The average Bonchev–Trinajstić information content (AvgIpc) is 3.83. The highest BCUT2D eigenvalue weighted by Gasteiger charge is 2.35. The van der Waals surface area contributed by atoms with E-state index in [0.717, 1.165) is 65.9 Å². The third-order valence-electron chi connectivity index (χ3n) is 8.36. The van der Waals surface area contributed by atoms with Gasteiger partial charge < -0.3 is 42.6 Å². The van der Waals surface area contributed by atoms with Gasteiger partial charge in [-0.1, -0.05) is 0 Å². The zero-order valence-electron chi connectivity index (χ0n) is 31.8. The maximum atomic E-state index is 13.0. The number of carbonyl (C=O) groups is 4. The van der Waals surface area contributed by atoms with Crippen LogP contribution >= 0.6 is 0 Å². The van der Waals surface area contributed by atoms with Crippen LogP contribution in [0.4, 0.5) is 22.7 Å². The number of nitro groups is 4. The van der Waals surface area contributed by atoms with Crippen molar-refractivity contribution in [3.63, 3.8) is 0 Å². The van der Waals surface area contributed by atoms with E-state index in [9.17, 15) is 59.6 Å². The van der Waals surface area contributed by atoms with Gasteiger partial charge in [-0.15, -0.1) is 0 Å². The van der Waals surface area contributed by atoms with Crippen LogP contribution < -0.4 is 18.9 Å². The van der Waals surface area contributed by atoms with Crippen molar-refractivity contribution in [1.29, 1.82) is 0 Å². The number of hydrogen-bond donors (Lipinski definition) is 0. The van der Waals surface area contributed by atoms with Crippen molar-refractivity contribution in [2.45, 2.75) is 12.8 Å². The molecule has 2 aliphatic rings. The summed E-state index contributed by atoms with van der Waals surface area (Å²) in [6, 6.07) is 4.96. The Bertz CT molecular complexity index is 2190. The predicted molar refractivity (Wildman–Crippen MR) is 198 cm³/mol. The first-order valence-electron chi connectivity index (χ1n) is 17.0. The average molecular weight is 853 g/mol. The molecule has 25 heteroatoms. The molecular weight excluding hydrogens is 824 g/mol. The second-order valence-electron chi connectivity index (χ2n) is 12.0. The fourth-order valence-electron chi connectivity index (χ4n) is 5.50. The van der Waals surface area contributed by atoms with E-state index in [4.69, 9.17) is 42.6 Å². The highest BCUT2D eigenvalue weighted by molar-refractivity contribution is 6.01. The third-order valence-corrected chi connectivity index (χ3v) is 8.36. The third kappa shape index (κ3) is 9.31. The van der Waals surface area contributed by atoms with E-state index in [1.807, 2.05) is 0 Å². The van der Waals surface area contributed by atoms with Gasteiger partial charge in [0, 0.05) is 37.5 Å². The molecule has 0 atom stereocenters. The van der Waals surface area contributed by atoms with Gasteiger partial charge in [0.25, 0.3) is 0 Å². The lowest BCUT2D eigenvalue weighted by atomic mass is 10.1. The number of esters is 4. The minimum atomic E-state index is -1.23. The maximum absolute atomic E-state index is 13.0. The Kier molecular flexibility index (Phi) is 13.2. The van der Waals surface area contributed by atoms with Gasteiger partial charge in [-0.25, -0.2) is 19.2 Å². The van der Waals surface area contributed by atoms with E-state index >= 15 is 0 Å². The van der Waals surface area contributed by atoms with Crippen molar-refractivity contribution < 1.29 is 81.5 Å². The predicted octanol–water partition coefficient (Wildman–Crippen LogP) is 6.75. The first-order valence-corrected chi connectivity index (χ1v) is 17.0.